The van der Waals surface area contributed by atoms with Crippen LogP contribution in [0.5, 0.6) is 0 Å². The maximum absolute atomic E-state index is 12.4. The van der Waals surface area contributed by atoms with Gasteiger partial charge in [0.15, 0.2) is 0 Å². The zero-order valence-electron chi connectivity index (χ0n) is 14.2. The number of aliphatic hydroxyl groups excluding tert-OH is 1. The number of aromatic amines is 1. The fraction of sp³-hybridized carbons (Fsp3) is 0.444. The van der Waals surface area contributed by atoms with E-state index in [2.05, 4.69) is 9.97 Å². The van der Waals surface area contributed by atoms with Crippen molar-refractivity contribution in [3.05, 3.63) is 42.4 Å². The van der Waals surface area contributed by atoms with E-state index in [0.29, 0.717) is 12.2 Å². The molecule has 2 atom stereocenters. The van der Waals surface area contributed by atoms with E-state index >= 15 is 0 Å². The van der Waals surface area contributed by atoms with Crippen molar-refractivity contribution in [2.75, 3.05) is 6.54 Å². The number of amides is 1. The van der Waals surface area contributed by atoms with Gasteiger partial charge >= 0.3 is 6.09 Å². The zero-order chi connectivity index (χ0) is 17.3. The number of benzene rings is 1. The Kier molecular flexibility index (Phi) is 4.32. The molecular formula is C18H23N3O3. The number of hydrogen-bond donors (Lipinski definition) is 2. The summed E-state index contributed by atoms with van der Waals surface area (Å²) in [7, 11) is 0. The van der Waals surface area contributed by atoms with E-state index in [1.54, 1.807) is 11.1 Å². The lowest BCUT2D eigenvalue weighted by atomic mass is 10.2. The first-order valence-corrected chi connectivity index (χ1v) is 8.11. The third-order valence-corrected chi connectivity index (χ3v) is 3.90. The normalized spacial score (nSPS) is 21.1. The van der Waals surface area contributed by atoms with Gasteiger partial charge in [-0.25, -0.2) is 9.78 Å². The molecule has 0 aliphatic carbocycles. The van der Waals surface area contributed by atoms with Gasteiger partial charge in [-0.2, -0.15) is 0 Å². The van der Waals surface area contributed by atoms with Gasteiger partial charge in [-0.05, 0) is 26.3 Å². The van der Waals surface area contributed by atoms with Crippen LogP contribution < -0.4 is 0 Å². The first-order chi connectivity index (χ1) is 11.3. The molecule has 3 rings (SSSR count). The van der Waals surface area contributed by atoms with Gasteiger partial charge in [0.2, 0.25) is 0 Å². The minimum atomic E-state index is -0.576. The molecule has 2 N–H and O–H groups in total. The SMILES string of the molecule is CC(C)(C)OC(=O)N1C[C@H](O)C[C@H]1c1ncc(-c2ccccc2)[nH]1. The predicted octanol–water partition coefficient (Wildman–Crippen LogP) is 3.12. The van der Waals surface area contributed by atoms with E-state index in [9.17, 15) is 9.90 Å². The van der Waals surface area contributed by atoms with Gasteiger partial charge < -0.3 is 14.8 Å². The van der Waals surface area contributed by atoms with Crippen LogP contribution in [0.3, 0.4) is 0 Å². The molecule has 0 radical (unpaired) electrons. The molecule has 0 unspecified atom stereocenters. The van der Waals surface area contributed by atoms with E-state index in [1.807, 2.05) is 51.1 Å². The van der Waals surface area contributed by atoms with Gasteiger partial charge in [-0.3, -0.25) is 4.90 Å². The van der Waals surface area contributed by atoms with Crippen molar-refractivity contribution in [1.29, 1.82) is 0 Å². The molecule has 24 heavy (non-hydrogen) atoms. The molecular weight excluding hydrogens is 306 g/mol. The zero-order valence-corrected chi connectivity index (χ0v) is 14.2. The van der Waals surface area contributed by atoms with Crippen LogP contribution >= 0.6 is 0 Å². The van der Waals surface area contributed by atoms with Crippen molar-refractivity contribution in [3.63, 3.8) is 0 Å². The number of imidazole rings is 1. The standard InChI is InChI=1S/C18H23N3O3/c1-18(2,3)24-17(23)21-11-13(22)9-15(21)16-19-10-14(20-16)12-7-5-4-6-8-12/h4-8,10,13,15,22H,9,11H2,1-3H3,(H,19,20)/t13-,15+/m1/s1. The first kappa shape index (κ1) is 16.5. The number of hydrogen-bond acceptors (Lipinski definition) is 4. The van der Waals surface area contributed by atoms with Crippen molar-refractivity contribution in [2.45, 2.75) is 44.9 Å². The van der Waals surface area contributed by atoms with Crippen LogP contribution in [0, 0.1) is 0 Å². The van der Waals surface area contributed by atoms with Gasteiger partial charge in [0.1, 0.15) is 11.4 Å². The van der Waals surface area contributed by atoms with Gasteiger partial charge in [0.05, 0.1) is 30.6 Å². The molecule has 1 saturated heterocycles. The van der Waals surface area contributed by atoms with Gasteiger partial charge in [0.25, 0.3) is 0 Å². The van der Waals surface area contributed by atoms with E-state index < -0.39 is 17.8 Å². The second kappa shape index (κ2) is 6.28. The Bertz CT molecular complexity index is 706. The minimum Gasteiger partial charge on any atom is -0.444 e. The lowest BCUT2D eigenvalue weighted by molar-refractivity contribution is 0.0201. The number of likely N-dealkylation sites (tertiary alicyclic amines) is 1. The number of H-pyrrole nitrogens is 1. The molecule has 0 saturated carbocycles. The van der Waals surface area contributed by atoms with Crippen LogP contribution in [0.25, 0.3) is 11.3 Å². The van der Waals surface area contributed by atoms with Crippen LogP contribution in [-0.4, -0.2) is 44.3 Å². The average Bonchev–Trinajstić information content (AvgIpc) is 3.12. The molecule has 1 aromatic carbocycles. The average molecular weight is 329 g/mol. The number of β-amino-alcohol motifs (C(OH)–C–C–N with tert-alkyl or cyclic N) is 1. The largest absolute Gasteiger partial charge is 0.444 e. The molecule has 1 aliphatic rings. The van der Waals surface area contributed by atoms with E-state index in [4.69, 9.17) is 4.74 Å². The Morgan fingerprint density at radius 3 is 2.71 bits per heavy atom. The van der Waals surface area contributed by atoms with Crippen molar-refractivity contribution in [2.24, 2.45) is 0 Å². The summed E-state index contributed by atoms with van der Waals surface area (Å²) in [5.74, 6) is 0.663. The molecule has 128 valence electrons. The first-order valence-electron chi connectivity index (χ1n) is 8.11. The second-order valence-corrected chi connectivity index (χ2v) is 7.09. The fourth-order valence-corrected chi connectivity index (χ4v) is 2.87. The summed E-state index contributed by atoms with van der Waals surface area (Å²) in [6.45, 7) is 5.73. The number of nitrogens with one attached hydrogen (secondary N) is 1. The molecule has 0 bridgehead atoms. The monoisotopic (exact) mass is 329 g/mol. The third kappa shape index (κ3) is 3.59. The van der Waals surface area contributed by atoms with Crippen LogP contribution in [-0.2, 0) is 4.74 Å². The minimum absolute atomic E-state index is 0.251. The Morgan fingerprint density at radius 1 is 1.33 bits per heavy atom. The predicted molar refractivity (Wildman–Crippen MR) is 90.3 cm³/mol. The van der Waals surface area contributed by atoms with Gasteiger partial charge in [-0.15, -0.1) is 0 Å². The van der Waals surface area contributed by atoms with Crippen LogP contribution in [0.4, 0.5) is 4.79 Å². The highest BCUT2D eigenvalue weighted by Crippen LogP contribution is 2.33. The summed E-state index contributed by atoms with van der Waals surface area (Å²) in [5.41, 5.74) is 1.34. The topological polar surface area (TPSA) is 78.4 Å². The summed E-state index contributed by atoms with van der Waals surface area (Å²) in [6, 6.07) is 9.55. The number of ether oxygens (including phenoxy) is 1. The summed E-state index contributed by atoms with van der Waals surface area (Å²) >= 11 is 0. The van der Waals surface area contributed by atoms with Gasteiger partial charge in [-0.1, -0.05) is 30.3 Å². The van der Waals surface area contributed by atoms with Crippen molar-refractivity contribution in [1.82, 2.24) is 14.9 Å². The highest BCUT2D eigenvalue weighted by Gasteiger charge is 2.39. The number of aliphatic hydroxyl groups is 1. The fourth-order valence-electron chi connectivity index (χ4n) is 2.87. The third-order valence-electron chi connectivity index (χ3n) is 3.90. The van der Waals surface area contributed by atoms with E-state index in [1.165, 1.54) is 0 Å². The molecule has 6 nitrogen and oxygen atoms in total. The molecule has 1 fully saturated rings. The number of nitrogens with zero attached hydrogens (tertiary/aromatic N) is 2. The molecule has 6 heteroatoms. The molecule has 0 spiro atoms. The lowest BCUT2D eigenvalue weighted by Gasteiger charge is -2.27. The number of carbonyl (C=O) groups excluding carboxylic acids is 1. The maximum Gasteiger partial charge on any atom is 0.411 e. The Balaban J connectivity index is 1.82. The van der Waals surface area contributed by atoms with E-state index in [-0.39, 0.29) is 12.6 Å². The highest BCUT2D eigenvalue weighted by molar-refractivity contribution is 5.69. The molecule has 1 amide bonds. The van der Waals surface area contributed by atoms with Crippen LogP contribution in [0.2, 0.25) is 0 Å². The Labute approximate surface area is 141 Å². The van der Waals surface area contributed by atoms with Crippen molar-refractivity contribution >= 4 is 6.09 Å². The Hall–Kier alpha value is -2.34. The summed E-state index contributed by atoms with van der Waals surface area (Å²) in [5, 5.41) is 10.0. The Morgan fingerprint density at radius 2 is 2.04 bits per heavy atom. The molecule has 1 aliphatic heterocycles. The highest BCUT2D eigenvalue weighted by atomic mass is 16.6. The lowest BCUT2D eigenvalue weighted by Crippen LogP contribution is -2.37. The smallest absolute Gasteiger partial charge is 0.411 e. The second-order valence-electron chi connectivity index (χ2n) is 7.09. The number of carbonyl (C=O) groups is 1. The number of aromatic nitrogens is 2. The van der Waals surface area contributed by atoms with Gasteiger partial charge in [0, 0.05) is 6.42 Å². The quantitative estimate of drug-likeness (QED) is 0.887. The van der Waals surface area contributed by atoms with Crippen LogP contribution in [0.15, 0.2) is 36.5 Å². The van der Waals surface area contributed by atoms with Crippen LogP contribution in [0.1, 0.15) is 39.1 Å². The number of rotatable bonds is 2. The van der Waals surface area contributed by atoms with Crippen molar-refractivity contribution in [3.8, 4) is 11.3 Å². The van der Waals surface area contributed by atoms with Crippen molar-refractivity contribution < 1.29 is 14.6 Å². The molecule has 2 aromatic rings. The molecule has 2 heterocycles. The molecule has 1 aromatic heterocycles. The summed E-state index contributed by atoms with van der Waals surface area (Å²) in [4.78, 5) is 21.7. The van der Waals surface area contributed by atoms with E-state index in [0.717, 1.165) is 11.3 Å². The summed E-state index contributed by atoms with van der Waals surface area (Å²) < 4.78 is 5.45. The summed E-state index contributed by atoms with van der Waals surface area (Å²) in [6.07, 6.45) is 1.19. The maximum atomic E-state index is 12.4.